The molecule has 2 saturated heterocycles. The van der Waals surface area contributed by atoms with Gasteiger partial charge in [-0.25, -0.2) is 0 Å². The smallest absolute Gasteiger partial charge is 0.293 e. The van der Waals surface area contributed by atoms with Gasteiger partial charge in [0.2, 0.25) is 0 Å². The molecule has 1 aromatic carbocycles. The van der Waals surface area contributed by atoms with Gasteiger partial charge in [0, 0.05) is 43.3 Å². The molecule has 2 aliphatic rings. The lowest BCUT2D eigenvalue weighted by atomic mass is 9.96. The Hall–Kier alpha value is -2.15. The monoisotopic (exact) mass is 346 g/mol. The Balaban J connectivity index is 1.89. The van der Waals surface area contributed by atoms with Gasteiger partial charge < -0.3 is 15.5 Å². The summed E-state index contributed by atoms with van der Waals surface area (Å²) in [4.78, 5) is 27.9. The van der Waals surface area contributed by atoms with Gasteiger partial charge in [0.1, 0.15) is 5.69 Å². The van der Waals surface area contributed by atoms with Crippen LogP contribution in [0.15, 0.2) is 18.2 Å². The van der Waals surface area contributed by atoms with Gasteiger partial charge in [0.25, 0.3) is 11.6 Å². The predicted molar refractivity (Wildman–Crippen MR) is 96.9 cm³/mol. The van der Waals surface area contributed by atoms with E-state index in [9.17, 15) is 14.9 Å². The first kappa shape index (κ1) is 17.7. The molecule has 7 nitrogen and oxygen atoms in total. The van der Waals surface area contributed by atoms with Crippen LogP contribution in [0.1, 0.15) is 49.4 Å². The average Bonchev–Trinajstić information content (AvgIpc) is 3.15. The van der Waals surface area contributed by atoms with Crippen LogP contribution >= 0.6 is 0 Å². The summed E-state index contributed by atoms with van der Waals surface area (Å²) in [7, 11) is 0. The van der Waals surface area contributed by atoms with Gasteiger partial charge in [0.05, 0.1) is 4.92 Å². The standard InChI is InChI=1S/C18H26N4O3/c1-13(19)15-6-2-3-11-21(15)18(23)14-7-8-16(17(12-14)22(24)25)20-9-4-5-10-20/h7-8,12-13,15H,2-6,9-11,19H2,1H3. The first-order valence-corrected chi connectivity index (χ1v) is 9.09. The number of nitro benzene ring substituents is 1. The molecule has 2 N–H and O–H groups in total. The summed E-state index contributed by atoms with van der Waals surface area (Å²) in [5, 5.41) is 11.5. The van der Waals surface area contributed by atoms with Crippen LogP contribution in [0.3, 0.4) is 0 Å². The number of hydrogen-bond acceptors (Lipinski definition) is 5. The average molecular weight is 346 g/mol. The van der Waals surface area contributed by atoms with E-state index in [1.165, 1.54) is 6.07 Å². The molecule has 2 heterocycles. The van der Waals surface area contributed by atoms with Gasteiger partial charge in [-0.05, 0) is 51.2 Å². The van der Waals surface area contributed by atoms with E-state index in [1.807, 2.05) is 11.8 Å². The van der Waals surface area contributed by atoms with Crippen molar-refractivity contribution >= 4 is 17.3 Å². The van der Waals surface area contributed by atoms with Crippen LogP contribution in [0.2, 0.25) is 0 Å². The van der Waals surface area contributed by atoms with Gasteiger partial charge >= 0.3 is 0 Å². The number of benzene rings is 1. The number of piperidine rings is 1. The van der Waals surface area contributed by atoms with E-state index < -0.39 is 0 Å². The Labute approximate surface area is 147 Å². The molecule has 0 bridgehead atoms. The van der Waals surface area contributed by atoms with Crippen LogP contribution in [-0.4, -0.2) is 47.4 Å². The number of rotatable bonds is 4. The number of amides is 1. The number of anilines is 1. The van der Waals surface area contributed by atoms with Crippen molar-refractivity contribution in [1.82, 2.24) is 4.90 Å². The zero-order valence-electron chi connectivity index (χ0n) is 14.7. The summed E-state index contributed by atoms with van der Waals surface area (Å²) in [6.45, 7) is 4.22. The zero-order chi connectivity index (χ0) is 18.0. The van der Waals surface area contributed by atoms with Gasteiger partial charge in [-0.15, -0.1) is 0 Å². The molecule has 0 saturated carbocycles. The summed E-state index contributed by atoms with van der Waals surface area (Å²) < 4.78 is 0. The Morgan fingerprint density at radius 3 is 2.56 bits per heavy atom. The van der Waals surface area contributed by atoms with Crippen LogP contribution in [0, 0.1) is 10.1 Å². The molecule has 0 aliphatic carbocycles. The lowest BCUT2D eigenvalue weighted by molar-refractivity contribution is -0.384. The summed E-state index contributed by atoms with van der Waals surface area (Å²) in [6, 6.07) is 4.77. The van der Waals surface area contributed by atoms with Gasteiger partial charge in [-0.3, -0.25) is 14.9 Å². The van der Waals surface area contributed by atoms with Crippen molar-refractivity contribution in [1.29, 1.82) is 0 Å². The molecule has 0 spiro atoms. The third kappa shape index (κ3) is 3.61. The molecule has 136 valence electrons. The highest BCUT2D eigenvalue weighted by molar-refractivity contribution is 5.96. The minimum Gasteiger partial charge on any atom is -0.366 e. The van der Waals surface area contributed by atoms with Crippen molar-refractivity contribution in [3.8, 4) is 0 Å². The lowest BCUT2D eigenvalue weighted by Gasteiger charge is -2.38. The van der Waals surface area contributed by atoms with Crippen molar-refractivity contribution in [2.45, 2.75) is 51.1 Å². The van der Waals surface area contributed by atoms with E-state index in [4.69, 9.17) is 5.73 Å². The largest absolute Gasteiger partial charge is 0.366 e. The van der Waals surface area contributed by atoms with E-state index in [2.05, 4.69) is 0 Å². The van der Waals surface area contributed by atoms with E-state index in [0.29, 0.717) is 17.8 Å². The molecule has 2 fully saturated rings. The number of nitro groups is 1. The number of likely N-dealkylation sites (tertiary alicyclic amines) is 1. The van der Waals surface area contributed by atoms with Crippen molar-refractivity contribution in [2.24, 2.45) is 5.73 Å². The zero-order valence-corrected chi connectivity index (χ0v) is 14.7. The second-order valence-corrected chi connectivity index (χ2v) is 7.08. The Kier molecular flexibility index (Phi) is 5.22. The molecule has 2 unspecified atom stereocenters. The Morgan fingerprint density at radius 1 is 1.24 bits per heavy atom. The predicted octanol–water partition coefficient (Wildman–Crippen LogP) is 2.54. The van der Waals surface area contributed by atoms with Crippen LogP contribution in [0.25, 0.3) is 0 Å². The number of nitrogens with zero attached hydrogens (tertiary/aromatic N) is 3. The molecule has 0 radical (unpaired) electrons. The highest BCUT2D eigenvalue weighted by Gasteiger charge is 2.31. The molecule has 7 heteroatoms. The third-order valence-corrected chi connectivity index (χ3v) is 5.28. The summed E-state index contributed by atoms with van der Waals surface area (Å²) in [5.74, 6) is -0.155. The van der Waals surface area contributed by atoms with Gasteiger partial charge in [-0.1, -0.05) is 0 Å². The van der Waals surface area contributed by atoms with Crippen molar-refractivity contribution in [2.75, 3.05) is 24.5 Å². The van der Waals surface area contributed by atoms with Gasteiger partial charge in [-0.2, -0.15) is 0 Å². The Bertz CT molecular complexity index is 656. The molecule has 25 heavy (non-hydrogen) atoms. The number of carbonyl (C=O) groups is 1. The van der Waals surface area contributed by atoms with Crippen LogP contribution in [-0.2, 0) is 0 Å². The van der Waals surface area contributed by atoms with Crippen molar-refractivity contribution in [3.05, 3.63) is 33.9 Å². The summed E-state index contributed by atoms with van der Waals surface area (Å²) in [5.41, 5.74) is 7.05. The topological polar surface area (TPSA) is 92.7 Å². The molecular formula is C18H26N4O3. The fourth-order valence-corrected chi connectivity index (χ4v) is 3.95. The van der Waals surface area contributed by atoms with Crippen molar-refractivity contribution in [3.63, 3.8) is 0 Å². The van der Waals surface area contributed by atoms with Crippen LogP contribution in [0.4, 0.5) is 11.4 Å². The number of carbonyl (C=O) groups excluding carboxylic acids is 1. The fraction of sp³-hybridized carbons (Fsp3) is 0.611. The molecule has 0 aromatic heterocycles. The SMILES string of the molecule is CC(N)C1CCCCN1C(=O)c1ccc(N2CCCC2)c([N+](=O)[O-])c1. The highest BCUT2D eigenvalue weighted by atomic mass is 16.6. The molecule has 1 aromatic rings. The van der Waals surface area contributed by atoms with E-state index >= 15 is 0 Å². The van der Waals surface area contributed by atoms with Crippen LogP contribution in [0.5, 0.6) is 0 Å². The third-order valence-electron chi connectivity index (χ3n) is 5.28. The first-order chi connectivity index (χ1) is 12.0. The maximum atomic E-state index is 13.0. The number of hydrogen-bond donors (Lipinski definition) is 1. The minimum absolute atomic E-state index is 0.00133. The number of nitrogens with two attached hydrogens (primary N) is 1. The molecule has 3 rings (SSSR count). The van der Waals surface area contributed by atoms with E-state index in [1.54, 1.807) is 17.0 Å². The first-order valence-electron chi connectivity index (χ1n) is 9.09. The maximum Gasteiger partial charge on any atom is 0.293 e. The summed E-state index contributed by atoms with van der Waals surface area (Å²) in [6.07, 6.45) is 4.98. The normalized spacial score (nSPS) is 22.1. The summed E-state index contributed by atoms with van der Waals surface area (Å²) >= 11 is 0. The Morgan fingerprint density at radius 2 is 1.92 bits per heavy atom. The molecule has 2 atom stereocenters. The van der Waals surface area contributed by atoms with E-state index in [0.717, 1.165) is 45.2 Å². The minimum atomic E-state index is -0.385. The lowest BCUT2D eigenvalue weighted by Crippen LogP contribution is -2.51. The van der Waals surface area contributed by atoms with Crippen molar-refractivity contribution < 1.29 is 9.72 Å². The second kappa shape index (κ2) is 7.39. The maximum absolute atomic E-state index is 13.0. The van der Waals surface area contributed by atoms with Crippen LogP contribution < -0.4 is 10.6 Å². The molecular weight excluding hydrogens is 320 g/mol. The van der Waals surface area contributed by atoms with E-state index in [-0.39, 0.29) is 28.6 Å². The molecule has 1 amide bonds. The highest BCUT2D eigenvalue weighted by Crippen LogP contribution is 2.32. The molecule has 2 aliphatic heterocycles. The van der Waals surface area contributed by atoms with Gasteiger partial charge in [0.15, 0.2) is 0 Å². The fourth-order valence-electron chi connectivity index (χ4n) is 3.95. The second-order valence-electron chi connectivity index (χ2n) is 7.08. The quantitative estimate of drug-likeness (QED) is 0.668.